The Balaban J connectivity index is 1.07. The fourth-order valence-corrected chi connectivity index (χ4v) is 7.57. The molecule has 268 valence electrons. The summed E-state index contributed by atoms with van der Waals surface area (Å²) in [6.07, 6.45) is 5.25. The average Bonchev–Trinajstić information content (AvgIpc) is 3.10. The molecule has 50 heavy (non-hydrogen) atoms. The Hall–Kier alpha value is -4.36. The van der Waals surface area contributed by atoms with Crippen molar-refractivity contribution in [3.8, 4) is 22.6 Å². The van der Waals surface area contributed by atoms with Crippen molar-refractivity contribution in [1.29, 1.82) is 0 Å². The number of carbonyl (C=O) groups is 2. The number of nitrogens with zero attached hydrogens (tertiary/aromatic N) is 5. The van der Waals surface area contributed by atoms with Gasteiger partial charge in [-0.25, -0.2) is 8.78 Å². The number of piperazine rings is 1. The molecule has 0 bridgehead atoms. The molecule has 2 amide bonds. The molecular formula is C37H46F2N6O5. The summed E-state index contributed by atoms with van der Waals surface area (Å²) in [6, 6.07) is 6.79. The fraction of sp³-hybridized carbons (Fsp3) is 0.514. The predicted molar refractivity (Wildman–Crippen MR) is 186 cm³/mol. The molecule has 2 aromatic heterocycles. The van der Waals surface area contributed by atoms with Crippen LogP contribution < -0.4 is 25.2 Å². The molecule has 0 spiro atoms. The van der Waals surface area contributed by atoms with Crippen molar-refractivity contribution in [1.82, 2.24) is 24.7 Å². The minimum atomic E-state index is -2.91. The Morgan fingerprint density at radius 1 is 0.960 bits per heavy atom. The van der Waals surface area contributed by atoms with Gasteiger partial charge in [0.05, 0.1) is 44.3 Å². The molecule has 3 fully saturated rings. The third kappa shape index (κ3) is 7.25. The molecular weight excluding hydrogens is 646 g/mol. The number of pyridine rings is 2. The van der Waals surface area contributed by atoms with Gasteiger partial charge in [0.15, 0.2) is 0 Å². The number of likely N-dealkylation sites (tertiary alicyclic amines) is 1. The van der Waals surface area contributed by atoms with Crippen LogP contribution in [-0.2, 0) is 29.6 Å². The summed E-state index contributed by atoms with van der Waals surface area (Å²) in [7, 11) is 4.84. The van der Waals surface area contributed by atoms with Crippen LogP contribution in [0.5, 0.6) is 11.5 Å². The minimum absolute atomic E-state index is 0.0552. The summed E-state index contributed by atoms with van der Waals surface area (Å²) in [5.74, 6) is -2.56. The van der Waals surface area contributed by atoms with Crippen molar-refractivity contribution in [3.63, 3.8) is 0 Å². The quantitative estimate of drug-likeness (QED) is 0.336. The van der Waals surface area contributed by atoms with Crippen LogP contribution in [0.4, 0.5) is 14.5 Å². The first-order valence-electron chi connectivity index (χ1n) is 17.2. The van der Waals surface area contributed by atoms with Crippen molar-refractivity contribution >= 4 is 17.5 Å². The lowest BCUT2D eigenvalue weighted by atomic mass is 9.93. The van der Waals surface area contributed by atoms with Gasteiger partial charge in [0.2, 0.25) is 11.8 Å². The lowest BCUT2D eigenvalue weighted by Gasteiger charge is -2.46. The summed E-state index contributed by atoms with van der Waals surface area (Å²) in [5, 5.41) is 2.39. The number of piperidine rings is 2. The molecule has 13 heteroatoms. The van der Waals surface area contributed by atoms with E-state index in [2.05, 4.69) is 15.2 Å². The van der Waals surface area contributed by atoms with Crippen LogP contribution >= 0.6 is 0 Å². The Morgan fingerprint density at radius 3 is 2.26 bits per heavy atom. The fourth-order valence-electron chi connectivity index (χ4n) is 7.57. The van der Waals surface area contributed by atoms with Gasteiger partial charge in [0, 0.05) is 88.1 Å². The van der Waals surface area contributed by atoms with Gasteiger partial charge < -0.3 is 18.9 Å². The summed E-state index contributed by atoms with van der Waals surface area (Å²) in [6.45, 7) is 6.36. The summed E-state index contributed by atoms with van der Waals surface area (Å²) >= 11 is 0. The number of carbonyl (C=O) groups excluding carboxylic acids is 2. The number of hydrogen-bond acceptors (Lipinski definition) is 9. The molecule has 3 aromatic rings. The number of imide groups is 1. The van der Waals surface area contributed by atoms with E-state index in [0.29, 0.717) is 81.0 Å². The maximum absolute atomic E-state index is 15.9. The molecule has 0 aliphatic carbocycles. The van der Waals surface area contributed by atoms with Crippen LogP contribution in [0.1, 0.15) is 41.6 Å². The third-order valence-corrected chi connectivity index (χ3v) is 10.6. The zero-order chi connectivity index (χ0) is 35.7. The van der Waals surface area contributed by atoms with Gasteiger partial charge in [-0.1, -0.05) is 0 Å². The number of ether oxygens (including phenoxy) is 2. The molecule has 0 radical (unpaired) electrons. The number of amides is 2. The van der Waals surface area contributed by atoms with Gasteiger partial charge in [0.1, 0.15) is 11.5 Å². The lowest BCUT2D eigenvalue weighted by molar-refractivity contribution is -0.136. The van der Waals surface area contributed by atoms with E-state index in [9.17, 15) is 14.4 Å². The van der Waals surface area contributed by atoms with Gasteiger partial charge >= 0.3 is 0 Å². The zero-order valence-electron chi connectivity index (χ0n) is 29.4. The molecule has 5 heterocycles. The van der Waals surface area contributed by atoms with Crippen LogP contribution in [0.15, 0.2) is 41.5 Å². The van der Waals surface area contributed by atoms with Gasteiger partial charge in [-0.05, 0) is 62.1 Å². The topological polar surface area (TPSA) is 109 Å². The molecule has 3 aliphatic rings. The molecule has 6 rings (SSSR count). The zero-order valence-corrected chi connectivity index (χ0v) is 29.4. The Morgan fingerprint density at radius 2 is 1.66 bits per heavy atom. The van der Waals surface area contributed by atoms with Gasteiger partial charge in [0.25, 0.3) is 11.5 Å². The van der Waals surface area contributed by atoms with Gasteiger partial charge in [-0.15, -0.1) is 0 Å². The maximum atomic E-state index is 15.9. The number of benzene rings is 1. The van der Waals surface area contributed by atoms with E-state index in [-0.39, 0.29) is 36.4 Å². The van der Waals surface area contributed by atoms with Crippen molar-refractivity contribution < 1.29 is 27.8 Å². The summed E-state index contributed by atoms with van der Waals surface area (Å²) in [5.41, 5.74) is 5.58. The molecule has 1 N–H and O–H groups in total. The van der Waals surface area contributed by atoms with E-state index in [1.54, 1.807) is 50.1 Å². The number of nitrogens with one attached hydrogen (secondary N) is 1. The summed E-state index contributed by atoms with van der Waals surface area (Å²) in [4.78, 5) is 46.4. The molecule has 3 saturated heterocycles. The first kappa shape index (κ1) is 35.5. The van der Waals surface area contributed by atoms with Crippen molar-refractivity contribution in [2.24, 2.45) is 13.0 Å². The highest BCUT2D eigenvalue weighted by molar-refractivity contribution is 5.98. The first-order valence-corrected chi connectivity index (χ1v) is 17.2. The van der Waals surface area contributed by atoms with E-state index in [0.717, 1.165) is 28.1 Å². The maximum Gasteiger partial charge on any atom is 0.275 e. The molecule has 3 aliphatic heterocycles. The highest BCUT2D eigenvalue weighted by Crippen LogP contribution is 2.39. The van der Waals surface area contributed by atoms with E-state index in [1.165, 1.54) is 0 Å². The summed E-state index contributed by atoms with van der Waals surface area (Å²) < 4.78 is 44.8. The number of aromatic nitrogens is 2. The number of hydrogen-bond donors (Lipinski definition) is 1. The number of halogens is 2. The number of methoxy groups -OCH3 is 2. The number of rotatable bonds is 9. The molecule has 1 aromatic carbocycles. The minimum Gasteiger partial charge on any atom is -0.496 e. The predicted octanol–water partition coefficient (Wildman–Crippen LogP) is 3.71. The molecule has 0 saturated carbocycles. The van der Waals surface area contributed by atoms with Crippen LogP contribution in [-0.4, -0.2) is 96.6 Å². The van der Waals surface area contributed by atoms with E-state index in [1.807, 2.05) is 36.1 Å². The highest BCUT2D eigenvalue weighted by Gasteiger charge is 2.48. The molecule has 2 atom stereocenters. The lowest BCUT2D eigenvalue weighted by Crippen LogP contribution is -2.61. The Bertz CT molecular complexity index is 1780. The number of anilines is 1. The highest BCUT2D eigenvalue weighted by atomic mass is 19.3. The molecule has 11 nitrogen and oxygen atoms in total. The van der Waals surface area contributed by atoms with Crippen LogP contribution in [0.25, 0.3) is 11.1 Å². The van der Waals surface area contributed by atoms with E-state index < -0.39 is 12.0 Å². The molecule has 2 unspecified atom stereocenters. The SMILES string of the molecule is COc1cc(-c2cn(C)c(=O)c(C)c2C)cc(OC)c1CN1CCC(N2CCN(c3ccc(CC4CCC(=O)NC4=O)nc3)CC2)C(F)(F)C1. The van der Waals surface area contributed by atoms with Crippen molar-refractivity contribution in [2.75, 3.05) is 58.4 Å². The van der Waals surface area contributed by atoms with Gasteiger partial charge in [-0.3, -0.25) is 34.5 Å². The Labute approximate surface area is 291 Å². The van der Waals surface area contributed by atoms with Crippen molar-refractivity contribution in [2.45, 2.75) is 58.0 Å². The van der Waals surface area contributed by atoms with E-state index in [4.69, 9.17) is 9.47 Å². The van der Waals surface area contributed by atoms with E-state index >= 15 is 8.78 Å². The van der Waals surface area contributed by atoms with Crippen LogP contribution in [0.2, 0.25) is 0 Å². The van der Waals surface area contributed by atoms with Crippen LogP contribution in [0.3, 0.4) is 0 Å². The third-order valence-electron chi connectivity index (χ3n) is 10.6. The monoisotopic (exact) mass is 692 g/mol. The standard InChI is InChI=1S/C37H46F2N6O5/c1-23-24(2)36(48)42(3)20-29(23)26-17-31(49-4)30(32(18-26)50-5)21-43-11-10-33(37(38,39)22-43)45-14-12-44(13-15-45)28-8-7-27(40-19-28)16-25-6-9-34(46)41-35(25)47/h7-8,17-20,25,33H,6,9-16,21-22H2,1-5H3,(H,41,46,47). The normalized spacial score (nSPS) is 21.6. The smallest absolute Gasteiger partial charge is 0.275 e. The second-order valence-corrected chi connectivity index (χ2v) is 13.7. The first-order chi connectivity index (χ1) is 23.9. The number of alkyl halides is 2. The second kappa shape index (κ2) is 14.5. The average molecular weight is 693 g/mol. The van der Waals surface area contributed by atoms with Crippen LogP contribution in [0, 0.1) is 19.8 Å². The second-order valence-electron chi connectivity index (χ2n) is 13.7. The largest absolute Gasteiger partial charge is 0.496 e. The Kier molecular flexibility index (Phi) is 10.3. The van der Waals surface area contributed by atoms with Gasteiger partial charge in [-0.2, -0.15) is 0 Å². The van der Waals surface area contributed by atoms with Crippen molar-refractivity contribution in [3.05, 3.63) is 69.4 Å². The number of aryl methyl sites for hydroxylation is 1.